The molecule has 0 radical (unpaired) electrons. The fraction of sp³-hybridized carbons (Fsp3) is 0.278. The molecule has 1 heterocycles. The van der Waals surface area contributed by atoms with Crippen molar-refractivity contribution >= 4 is 11.9 Å². The Kier molecular flexibility index (Phi) is 9.61. The third-order valence-electron chi connectivity index (χ3n) is 8.01. The van der Waals surface area contributed by atoms with Gasteiger partial charge in [-0.3, -0.25) is 14.6 Å². The highest BCUT2D eigenvalue weighted by molar-refractivity contribution is 5.95. The van der Waals surface area contributed by atoms with Crippen molar-refractivity contribution in [1.82, 2.24) is 15.1 Å². The highest BCUT2D eigenvalue weighted by Gasteiger charge is 2.34. The van der Waals surface area contributed by atoms with Gasteiger partial charge in [-0.05, 0) is 48.1 Å². The number of urea groups is 1. The highest BCUT2D eigenvalue weighted by atomic mass is 16.2. The third kappa shape index (κ3) is 7.11. The van der Waals surface area contributed by atoms with Gasteiger partial charge in [0.05, 0.1) is 6.04 Å². The van der Waals surface area contributed by atoms with Crippen LogP contribution < -0.4 is 5.32 Å². The molecule has 5 heteroatoms. The molecule has 0 bridgehead atoms. The third-order valence-corrected chi connectivity index (χ3v) is 8.01. The first-order valence-electron chi connectivity index (χ1n) is 14.7. The number of benzene rings is 4. The normalized spacial score (nSPS) is 15.2. The van der Waals surface area contributed by atoms with Crippen LogP contribution >= 0.6 is 0 Å². The molecule has 5 rings (SSSR count). The van der Waals surface area contributed by atoms with E-state index >= 15 is 0 Å². The summed E-state index contributed by atoms with van der Waals surface area (Å²) >= 11 is 0. The molecule has 0 spiro atoms. The topological polar surface area (TPSA) is 52.7 Å². The lowest BCUT2D eigenvalue weighted by Crippen LogP contribution is -2.46. The van der Waals surface area contributed by atoms with Gasteiger partial charge in [0, 0.05) is 32.0 Å². The Labute approximate surface area is 243 Å². The van der Waals surface area contributed by atoms with Gasteiger partial charge in [0.25, 0.3) is 0 Å². The van der Waals surface area contributed by atoms with E-state index in [0.29, 0.717) is 13.1 Å². The summed E-state index contributed by atoms with van der Waals surface area (Å²) in [5, 5.41) is 2.89. The Morgan fingerprint density at radius 1 is 0.756 bits per heavy atom. The number of amides is 3. The summed E-state index contributed by atoms with van der Waals surface area (Å²) in [6.07, 6.45) is 1.17. The van der Waals surface area contributed by atoms with Crippen LogP contribution in [0.3, 0.4) is 0 Å². The number of nitrogens with zero attached hydrogens (tertiary/aromatic N) is 2. The first-order chi connectivity index (χ1) is 20.1. The van der Waals surface area contributed by atoms with Crippen LogP contribution in [0.5, 0.6) is 0 Å². The molecule has 1 unspecified atom stereocenters. The van der Waals surface area contributed by atoms with Crippen molar-refractivity contribution in [2.45, 2.75) is 31.7 Å². The fourth-order valence-electron chi connectivity index (χ4n) is 6.02. The SMILES string of the molecule is CCNC(=O)N(CC1CCN(C(c2ccccc2)c2ccccc2)C1)C(=O)CC(c1ccccc1)c1ccccc1. The van der Waals surface area contributed by atoms with E-state index < -0.39 is 0 Å². The molecule has 210 valence electrons. The Bertz CT molecular complexity index is 1300. The number of rotatable bonds is 10. The Morgan fingerprint density at radius 3 is 1.68 bits per heavy atom. The summed E-state index contributed by atoms with van der Waals surface area (Å²) < 4.78 is 0. The first kappa shape index (κ1) is 28.3. The molecular weight excluding hydrogens is 506 g/mol. The molecule has 4 aromatic rings. The lowest BCUT2D eigenvalue weighted by atomic mass is 9.88. The molecule has 0 aliphatic carbocycles. The average Bonchev–Trinajstić information content (AvgIpc) is 3.48. The minimum absolute atomic E-state index is 0.123. The first-order valence-corrected chi connectivity index (χ1v) is 14.7. The number of hydrogen-bond donors (Lipinski definition) is 1. The van der Waals surface area contributed by atoms with E-state index in [-0.39, 0.29) is 36.2 Å². The van der Waals surface area contributed by atoms with Crippen molar-refractivity contribution in [3.05, 3.63) is 144 Å². The summed E-state index contributed by atoms with van der Waals surface area (Å²) in [7, 11) is 0. The quantitative estimate of drug-likeness (QED) is 0.236. The standard InChI is InChI=1S/C36H39N3O2/c1-2-37-36(41)39(34(40)25-33(29-15-7-3-8-16-29)30-17-9-4-10-18-30)27-28-23-24-38(26-28)35(31-19-11-5-12-20-31)32-21-13-6-14-22-32/h3-22,28,33,35H,2,23-27H2,1H3,(H,37,41). The maximum atomic E-state index is 13.9. The van der Waals surface area contributed by atoms with Crippen LogP contribution in [0.4, 0.5) is 4.79 Å². The molecule has 3 amide bonds. The van der Waals surface area contributed by atoms with Crippen molar-refractivity contribution in [2.24, 2.45) is 5.92 Å². The second kappa shape index (κ2) is 13.9. The summed E-state index contributed by atoms with van der Waals surface area (Å²) in [5.41, 5.74) is 4.65. The van der Waals surface area contributed by atoms with Crippen LogP contribution in [0.2, 0.25) is 0 Å². The molecule has 1 fully saturated rings. The summed E-state index contributed by atoms with van der Waals surface area (Å²) in [6.45, 7) is 4.50. The van der Waals surface area contributed by atoms with Crippen molar-refractivity contribution < 1.29 is 9.59 Å². The average molecular weight is 546 g/mol. The van der Waals surface area contributed by atoms with E-state index in [0.717, 1.165) is 30.6 Å². The van der Waals surface area contributed by atoms with Crippen LogP contribution in [0.15, 0.2) is 121 Å². The molecule has 41 heavy (non-hydrogen) atoms. The number of likely N-dealkylation sites (tertiary alicyclic amines) is 1. The van der Waals surface area contributed by atoms with Crippen LogP contribution in [-0.2, 0) is 4.79 Å². The number of carbonyl (C=O) groups excluding carboxylic acids is 2. The molecule has 1 atom stereocenters. The van der Waals surface area contributed by atoms with Gasteiger partial charge in [0.1, 0.15) is 0 Å². The predicted molar refractivity (Wildman–Crippen MR) is 165 cm³/mol. The molecule has 4 aromatic carbocycles. The van der Waals surface area contributed by atoms with Gasteiger partial charge in [-0.2, -0.15) is 0 Å². The van der Waals surface area contributed by atoms with Crippen molar-refractivity contribution in [2.75, 3.05) is 26.2 Å². The van der Waals surface area contributed by atoms with Crippen LogP contribution in [0.25, 0.3) is 0 Å². The van der Waals surface area contributed by atoms with Gasteiger partial charge in [-0.1, -0.05) is 121 Å². The van der Waals surface area contributed by atoms with E-state index in [4.69, 9.17) is 0 Å². The van der Waals surface area contributed by atoms with E-state index in [1.165, 1.54) is 16.0 Å². The minimum Gasteiger partial charge on any atom is -0.338 e. The van der Waals surface area contributed by atoms with Gasteiger partial charge in [0.2, 0.25) is 5.91 Å². The van der Waals surface area contributed by atoms with Gasteiger partial charge in [0.15, 0.2) is 0 Å². The Morgan fingerprint density at radius 2 is 1.22 bits per heavy atom. The molecular formula is C36H39N3O2. The van der Waals surface area contributed by atoms with Gasteiger partial charge < -0.3 is 5.32 Å². The number of carbonyl (C=O) groups is 2. The van der Waals surface area contributed by atoms with E-state index in [1.807, 2.05) is 55.5 Å². The monoisotopic (exact) mass is 545 g/mol. The van der Waals surface area contributed by atoms with E-state index in [1.54, 1.807) is 0 Å². The maximum Gasteiger partial charge on any atom is 0.324 e. The largest absolute Gasteiger partial charge is 0.338 e. The van der Waals surface area contributed by atoms with Crippen LogP contribution in [0, 0.1) is 5.92 Å². The molecule has 5 nitrogen and oxygen atoms in total. The number of nitrogens with one attached hydrogen (secondary N) is 1. The van der Waals surface area contributed by atoms with E-state index in [9.17, 15) is 9.59 Å². The second-order valence-electron chi connectivity index (χ2n) is 10.8. The van der Waals surface area contributed by atoms with Gasteiger partial charge >= 0.3 is 6.03 Å². The minimum atomic E-state index is -0.307. The lowest BCUT2D eigenvalue weighted by Gasteiger charge is -2.30. The van der Waals surface area contributed by atoms with Crippen molar-refractivity contribution in [1.29, 1.82) is 0 Å². The lowest BCUT2D eigenvalue weighted by molar-refractivity contribution is -0.129. The van der Waals surface area contributed by atoms with Crippen LogP contribution in [0.1, 0.15) is 54.0 Å². The van der Waals surface area contributed by atoms with Crippen molar-refractivity contribution in [3.63, 3.8) is 0 Å². The van der Waals surface area contributed by atoms with E-state index in [2.05, 4.69) is 83.0 Å². The fourth-order valence-corrected chi connectivity index (χ4v) is 6.02. The zero-order valence-electron chi connectivity index (χ0n) is 23.7. The summed E-state index contributed by atoms with van der Waals surface area (Å²) in [5.74, 6) is -0.0689. The zero-order valence-corrected chi connectivity index (χ0v) is 23.7. The highest BCUT2D eigenvalue weighted by Crippen LogP contribution is 2.34. The number of hydrogen-bond acceptors (Lipinski definition) is 3. The molecule has 0 saturated carbocycles. The Balaban J connectivity index is 1.35. The number of imide groups is 1. The van der Waals surface area contributed by atoms with Crippen molar-refractivity contribution in [3.8, 4) is 0 Å². The van der Waals surface area contributed by atoms with Gasteiger partial charge in [-0.25, -0.2) is 4.79 Å². The predicted octanol–water partition coefficient (Wildman–Crippen LogP) is 6.88. The summed E-state index contributed by atoms with van der Waals surface area (Å²) in [4.78, 5) is 31.1. The maximum absolute atomic E-state index is 13.9. The van der Waals surface area contributed by atoms with Crippen LogP contribution in [-0.4, -0.2) is 47.9 Å². The Hall–Kier alpha value is -4.22. The molecule has 1 aliphatic rings. The molecule has 0 aromatic heterocycles. The summed E-state index contributed by atoms with van der Waals surface area (Å²) in [6, 6.07) is 41.2. The molecule has 1 N–H and O–H groups in total. The molecule has 1 saturated heterocycles. The van der Waals surface area contributed by atoms with Gasteiger partial charge in [-0.15, -0.1) is 0 Å². The smallest absolute Gasteiger partial charge is 0.324 e. The second-order valence-corrected chi connectivity index (χ2v) is 10.8. The molecule has 1 aliphatic heterocycles. The zero-order chi connectivity index (χ0) is 28.4.